The fourth-order valence-electron chi connectivity index (χ4n) is 1.69. The molecule has 0 aromatic heterocycles. The molecule has 1 aromatic carbocycles. The van der Waals surface area contributed by atoms with Gasteiger partial charge in [0.05, 0.1) is 0 Å². The second kappa shape index (κ2) is 5.13. The van der Waals surface area contributed by atoms with Crippen molar-refractivity contribution in [2.75, 3.05) is 6.54 Å². The summed E-state index contributed by atoms with van der Waals surface area (Å²) in [5, 5.41) is 3.50. The molecular formula is C13H18BrN. The number of benzene rings is 1. The predicted octanol–water partition coefficient (Wildman–Crippen LogP) is 3.65. The molecule has 2 rings (SSSR count). The zero-order chi connectivity index (χ0) is 10.7. The van der Waals surface area contributed by atoms with Gasteiger partial charge in [0.15, 0.2) is 0 Å². The molecule has 0 radical (unpaired) electrons. The molecule has 0 unspecified atom stereocenters. The number of hydrogen-bond acceptors (Lipinski definition) is 1. The molecule has 1 aliphatic carbocycles. The van der Waals surface area contributed by atoms with Crippen LogP contribution in [0.25, 0.3) is 0 Å². The van der Waals surface area contributed by atoms with E-state index in [0.29, 0.717) is 0 Å². The van der Waals surface area contributed by atoms with Crippen molar-refractivity contribution in [2.45, 2.75) is 32.7 Å². The van der Waals surface area contributed by atoms with Crippen LogP contribution in [-0.4, -0.2) is 6.54 Å². The highest BCUT2D eigenvalue weighted by Gasteiger charge is 2.19. The van der Waals surface area contributed by atoms with Crippen molar-refractivity contribution in [3.8, 4) is 0 Å². The Bertz CT molecular complexity index is 331. The largest absolute Gasteiger partial charge is 0.313 e. The first-order chi connectivity index (χ1) is 7.25. The van der Waals surface area contributed by atoms with E-state index < -0.39 is 0 Å². The standard InChI is InChI=1S/C13H18BrN/c1-10-2-3-12(8-13(10)14)9-15-7-6-11-4-5-11/h2-3,8,11,15H,4-7,9H2,1H3. The molecule has 0 spiro atoms. The Balaban J connectivity index is 1.74. The lowest BCUT2D eigenvalue weighted by atomic mass is 10.1. The molecule has 1 fully saturated rings. The van der Waals surface area contributed by atoms with Crippen LogP contribution in [-0.2, 0) is 6.54 Å². The Morgan fingerprint density at radius 3 is 2.87 bits per heavy atom. The highest BCUT2D eigenvalue weighted by atomic mass is 79.9. The second-order valence-electron chi connectivity index (χ2n) is 4.49. The normalized spacial score (nSPS) is 15.6. The van der Waals surface area contributed by atoms with Crippen molar-refractivity contribution in [1.82, 2.24) is 5.32 Å². The summed E-state index contributed by atoms with van der Waals surface area (Å²) in [6, 6.07) is 6.58. The summed E-state index contributed by atoms with van der Waals surface area (Å²) in [6.07, 6.45) is 4.27. The van der Waals surface area contributed by atoms with Crippen LogP contribution in [0.3, 0.4) is 0 Å². The van der Waals surface area contributed by atoms with E-state index in [9.17, 15) is 0 Å². The van der Waals surface area contributed by atoms with E-state index in [2.05, 4.69) is 46.4 Å². The third kappa shape index (κ3) is 3.62. The number of rotatable bonds is 5. The zero-order valence-corrected chi connectivity index (χ0v) is 10.8. The van der Waals surface area contributed by atoms with E-state index in [4.69, 9.17) is 0 Å². The van der Waals surface area contributed by atoms with E-state index in [-0.39, 0.29) is 0 Å². The molecule has 1 aromatic rings. The highest BCUT2D eigenvalue weighted by Crippen LogP contribution is 2.31. The van der Waals surface area contributed by atoms with Crippen LogP contribution in [0.1, 0.15) is 30.4 Å². The zero-order valence-electron chi connectivity index (χ0n) is 9.22. The van der Waals surface area contributed by atoms with Crippen molar-refractivity contribution in [1.29, 1.82) is 0 Å². The Hall–Kier alpha value is -0.340. The molecule has 82 valence electrons. The van der Waals surface area contributed by atoms with Gasteiger partial charge in [-0.15, -0.1) is 0 Å². The molecule has 0 heterocycles. The van der Waals surface area contributed by atoms with Crippen molar-refractivity contribution >= 4 is 15.9 Å². The lowest BCUT2D eigenvalue weighted by molar-refractivity contribution is 0.613. The van der Waals surface area contributed by atoms with Crippen LogP contribution in [0, 0.1) is 12.8 Å². The van der Waals surface area contributed by atoms with Gasteiger partial charge in [0.1, 0.15) is 0 Å². The number of halogens is 1. The Kier molecular flexibility index (Phi) is 3.81. The lowest BCUT2D eigenvalue weighted by Gasteiger charge is -2.06. The molecule has 2 heteroatoms. The third-order valence-corrected chi connectivity index (χ3v) is 3.85. The molecule has 0 atom stereocenters. The minimum absolute atomic E-state index is 0.992. The lowest BCUT2D eigenvalue weighted by Crippen LogP contribution is -2.15. The van der Waals surface area contributed by atoms with Gasteiger partial charge >= 0.3 is 0 Å². The molecule has 0 aliphatic heterocycles. The van der Waals surface area contributed by atoms with Crippen molar-refractivity contribution < 1.29 is 0 Å². The van der Waals surface area contributed by atoms with Gasteiger partial charge in [-0.2, -0.15) is 0 Å². The molecule has 0 saturated heterocycles. The molecule has 0 amide bonds. The topological polar surface area (TPSA) is 12.0 Å². The van der Waals surface area contributed by atoms with Crippen LogP contribution >= 0.6 is 15.9 Å². The molecule has 1 aliphatic rings. The second-order valence-corrected chi connectivity index (χ2v) is 5.35. The first-order valence-electron chi connectivity index (χ1n) is 5.71. The van der Waals surface area contributed by atoms with Gasteiger partial charge in [-0.1, -0.05) is 40.9 Å². The van der Waals surface area contributed by atoms with Crippen molar-refractivity contribution in [3.05, 3.63) is 33.8 Å². The van der Waals surface area contributed by atoms with Crippen molar-refractivity contribution in [3.63, 3.8) is 0 Å². The highest BCUT2D eigenvalue weighted by molar-refractivity contribution is 9.10. The van der Waals surface area contributed by atoms with Crippen LogP contribution in [0.4, 0.5) is 0 Å². The molecule has 0 bridgehead atoms. The summed E-state index contributed by atoms with van der Waals surface area (Å²) in [5.74, 6) is 1.03. The average Bonchev–Trinajstić information content (AvgIpc) is 3.02. The van der Waals surface area contributed by atoms with Gasteiger partial charge in [0.25, 0.3) is 0 Å². The quantitative estimate of drug-likeness (QED) is 0.804. The summed E-state index contributed by atoms with van der Waals surface area (Å²) >= 11 is 3.56. The van der Waals surface area contributed by atoms with Crippen LogP contribution < -0.4 is 5.32 Å². The van der Waals surface area contributed by atoms with Crippen molar-refractivity contribution in [2.24, 2.45) is 5.92 Å². The number of nitrogens with one attached hydrogen (secondary N) is 1. The molecule has 1 N–H and O–H groups in total. The van der Waals surface area contributed by atoms with Gasteiger partial charge in [-0.25, -0.2) is 0 Å². The summed E-state index contributed by atoms with van der Waals surface area (Å²) in [6.45, 7) is 4.27. The molecule has 1 nitrogen and oxygen atoms in total. The maximum absolute atomic E-state index is 3.56. The van der Waals surface area contributed by atoms with E-state index in [1.807, 2.05) is 0 Å². The number of aryl methyl sites for hydroxylation is 1. The van der Waals surface area contributed by atoms with Gasteiger partial charge in [0, 0.05) is 11.0 Å². The maximum Gasteiger partial charge on any atom is 0.0207 e. The third-order valence-electron chi connectivity index (χ3n) is 2.99. The maximum atomic E-state index is 3.56. The Morgan fingerprint density at radius 2 is 2.20 bits per heavy atom. The number of hydrogen-bond donors (Lipinski definition) is 1. The molecule has 1 saturated carbocycles. The van der Waals surface area contributed by atoms with E-state index in [1.165, 1.54) is 34.9 Å². The minimum Gasteiger partial charge on any atom is -0.313 e. The Labute approximate surface area is 100 Å². The summed E-state index contributed by atoms with van der Waals surface area (Å²) in [4.78, 5) is 0. The average molecular weight is 268 g/mol. The fourth-order valence-corrected chi connectivity index (χ4v) is 2.12. The van der Waals surface area contributed by atoms with Gasteiger partial charge in [-0.05, 0) is 43.0 Å². The van der Waals surface area contributed by atoms with E-state index >= 15 is 0 Å². The first-order valence-corrected chi connectivity index (χ1v) is 6.51. The summed E-state index contributed by atoms with van der Waals surface area (Å²) in [7, 11) is 0. The van der Waals surface area contributed by atoms with E-state index in [1.54, 1.807) is 0 Å². The smallest absolute Gasteiger partial charge is 0.0207 e. The van der Waals surface area contributed by atoms with Gasteiger partial charge < -0.3 is 5.32 Å². The van der Waals surface area contributed by atoms with Gasteiger partial charge in [0.2, 0.25) is 0 Å². The van der Waals surface area contributed by atoms with Crippen LogP contribution in [0.5, 0.6) is 0 Å². The van der Waals surface area contributed by atoms with E-state index in [0.717, 1.165) is 19.0 Å². The summed E-state index contributed by atoms with van der Waals surface area (Å²) in [5.41, 5.74) is 2.67. The molecule has 15 heavy (non-hydrogen) atoms. The minimum atomic E-state index is 0.992. The monoisotopic (exact) mass is 267 g/mol. The van der Waals surface area contributed by atoms with Gasteiger partial charge in [-0.3, -0.25) is 0 Å². The SMILES string of the molecule is Cc1ccc(CNCCC2CC2)cc1Br. The molecular weight excluding hydrogens is 250 g/mol. The summed E-state index contributed by atoms with van der Waals surface area (Å²) < 4.78 is 1.21. The first kappa shape index (κ1) is 11.2. The van der Waals surface area contributed by atoms with Crippen LogP contribution in [0.2, 0.25) is 0 Å². The van der Waals surface area contributed by atoms with Crippen LogP contribution in [0.15, 0.2) is 22.7 Å². The predicted molar refractivity (Wildman–Crippen MR) is 67.9 cm³/mol. The Morgan fingerprint density at radius 1 is 1.40 bits per heavy atom. The fraction of sp³-hybridized carbons (Fsp3) is 0.538.